The molecule has 4 bridgehead atoms. The van der Waals surface area contributed by atoms with Gasteiger partial charge < -0.3 is 21.1 Å². The number of esters is 1. The molecule has 1 amide bonds. The van der Waals surface area contributed by atoms with Gasteiger partial charge in [-0.2, -0.15) is 5.26 Å². The Morgan fingerprint density at radius 2 is 1.77 bits per heavy atom. The number of hydrogen-bond donors (Lipinski definition) is 2. The van der Waals surface area contributed by atoms with Crippen LogP contribution in [0.4, 0.5) is 0 Å². The molecule has 0 aromatic carbocycles. The van der Waals surface area contributed by atoms with Gasteiger partial charge in [0.05, 0.1) is 12.1 Å². The van der Waals surface area contributed by atoms with Gasteiger partial charge in [0.25, 0.3) is 0 Å². The summed E-state index contributed by atoms with van der Waals surface area (Å²) < 4.78 is 6.13. The van der Waals surface area contributed by atoms with Gasteiger partial charge in [-0.15, -0.1) is 0 Å². The van der Waals surface area contributed by atoms with E-state index in [9.17, 15) is 14.9 Å². The Morgan fingerprint density at radius 1 is 1.10 bits per heavy atom. The van der Waals surface area contributed by atoms with E-state index in [-0.39, 0.29) is 35.3 Å². The monoisotopic (exact) mass is 414 g/mol. The van der Waals surface area contributed by atoms with Crippen molar-refractivity contribution in [2.75, 3.05) is 0 Å². The van der Waals surface area contributed by atoms with Crippen LogP contribution in [0.25, 0.3) is 0 Å². The summed E-state index contributed by atoms with van der Waals surface area (Å²) >= 11 is 0. The minimum atomic E-state index is -0.629. The quantitative estimate of drug-likeness (QED) is 0.660. The Labute approximate surface area is 178 Å². The predicted molar refractivity (Wildman–Crippen MR) is 109 cm³/mol. The van der Waals surface area contributed by atoms with Crippen molar-refractivity contribution in [1.82, 2.24) is 4.90 Å². The fraction of sp³-hybridized carbons (Fsp3) is 0.870. The maximum Gasteiger partial charge on any atom is 0.323 e. The lowest BCUT2D eigenvalue weighted by molar-refractivity contribution is -0.207. The molecule has 6 fully saturated rings. The van der Waals surface area contributed by atoms with Crippen molar-refractivity contribution in [3.63, 3.8) is 0 Å². The highest BCUT2D eigenvalue weighted by atomic mass is 16.6. The number of rotatable bonds is 5. The zero-order chi connectivity index (χ0) is 21.4. The number of nitrogens with two attached hydrogens (primary N) is 2. The van der Waals surface area contributed by atoms with Gasteiger partial charge in [0.2, 0.25) is 5.91 Å². The van der Waals surface area contributed by atoms with Crippen LogP contribution in [-0.4, -0.2) is 46.5 Å². The summed E-state index contributed by atoms with van der Waals surface area (Å²) in [5.41, 5.74) is 11.9. The SMILES string of the molecule is CC(C)C(N)C(=O)OC12CC3CC(C1)CC(C(N)C(=O)N1C(C#N)CC4CC41)(C3)C2. The molecular weight excluding hydrogens is 380 g/mol. The first kappa shape index (κ1) is 20.3. The number of nitrogens with zero attached hydrogens (tertiary/aromatic N) is 2. The molecule has 30 heavy (non-hydrogen) atoms. The number of nitriles is 1. The van der Waals surface area contributed by atoms with E-state index in [1.54, 1.807) is 4.90 Å². The van der Waals surface area contributed by atoms with Crippen molar-refractivity contribution in [2.24, 2.45) is 40.6 Å². The lowest BCUT2D eigenvalue weighted by Crippen LogP contribution is -2.66. The average Bonchev–Trinajstić information content (AvgIpc) is 3.34. The molecule has 0 aromatic rings. The summed E-state index contributed by atoms with van der Waals surface area (Å²) in [5, 5.41) is 9.52. The maximum atomic E-state index is 13.5. The summed E-state index contributed by atoms with van der Waals surface area (Å²) in [6, 6.07) is 0.921. The highest BCUT2D eigenvalue weighted by Gasteiger charge is 2.64. The average molecular weight is 415 g/mol. The Hall–Kier alpha value is -1.65. The van der Waals surface area contributed by atoms with Crippen LogP contribution in [0.5, 0.6) is 0 Å². The third-order valence-corrected chi connectivity index (χ3v) is 8.79. The van der Waals surface area contributed by atoms with Gasteiger partial charge in [0, 0.05) is 6.04 Å². The van der Waals surface area contributed by atoms with Crippen molar-refractivity contribution in [2.45, 2.75) is 95.0 Å². The molecule has 0 spiro atoms. The van der Waals surface area contributed by atoms with Crippen molar-refractivity contribution in [1.29, 1.82) is 5.26 Å². The Morgan fingerprint density at radius 3 is 2.37 bits per heavy atom. The molecule has 5 aliphatic carbocycles. The number of ether oxygens (including phenoxy) is 1. The van der Waals surface area contributed by atoms with Crippen molar-refractivity contribution in [3.05, 3.63) is 0 Å². The van der Waals surface area contributed by atoms with Crippen LogP contribution in [0.15, 0.2) is 0 Å². The number of amides is 1. The van der Waals surface area contributed by atoms with Crippen LogP contribution in [-0.2, 0) is 14.3 Å². The largest absolute Gasteiger partial charge is 0.458 e. The first-order chi connectivity index (χ1) is 14.2. The van der Waals surface area contributed by atoms with Crippen molar-refractivity contribution in [3.8, 4) is 6.07 Å². The molecule has 7 nitrogen and oxygen atoms in total. The lowest BCUT2D eigenvalue weighted by Gasteiger charge is -2.62. The molecule has 5 saturated carbocycles. The van der Waals surface area contributed by atoms with Crippen LogP contribution >= 0.6 is 0 Å². The number of fused-ring (bicyclic) bond motifs is 1. The Kier molecular flexibility index (Phi) is 4.51. The molecule has 1 saturated heterocycles. The van der Waals surface area contributed by atoms with Gasteiger partial charge in [-0.05, 0) is 80.5 Å². The van der Waals surface area contributed by atoms with Crippen LogP contribution < -0.4 is 11.5 Å². The molecule has 7 atom stereocenters. The minimum absolute atomic E-state index is 0.0220. The van der Waals surface area contributed by atoms with Crippen LogP contribution in [0.2, 0.25) is 0 Å². The van der Waals surface area contributed by atoms with Gasteiger partial charge in [0.15, 0.2) is 0 Å². The molecule has 7 unspecified atom stereocenters. The number of piperidine rings is 1. The number of hydrogen-bond acceptors (Lipinski definition) is 6. The summed E-state index contributed by atoms with van der Waals surface area (Å²) in [4.78, 5) is 28.0. The van der Waals surface area contributed by atoms with Gasteiger partial charge in [-0.3, -0.25) is 9.59 Å². The summed E-state index contributed by atoms with van der Waals surface area (Å²) in [7, 11) is 0. The summed E-state index contributed by atoms with van der Waals surface area (Å²) in [6.07, 6.45) is 7.13. The first-order valence-electron chi connectivity index (χ1n) is 11.6. The van der Waals surface area contributed by atoms with Crippen LogP contribution in [0.3, 0.4) is 0 Å². The lowest BCUT2D eigenvalue weighted by atomic mass is 9.46. The predicted octanol–water partition coefficient (Wildman–Crippen LogP) is 1.69. The molecule has 1 aliphatic heterocycles. The smallest absolute Gasteiger partial charge is 0.323 e. The second-order valence-electron chi connectivity index (χ2n) is 11.4. The Bertz CT molecular complexity index is 791. The topological polar surface area (TPSA) is 122 Å². The van der Waals surface area contributed by atoms with E-state index in [4.69, 9.17) is 16.2 Å². The number of carbonyl (C=O) groups excluding carboxylic acids is 2. The Balaban J connectivity index is 1.38. The van der Waals surface area contributed by atoms with Crippen molar-refractivity contribution >= 4 is 11.9 Å². The second-order valence-corrected chi connectivity index (χ2v) is 11.4. The van der Waals surface area contributed by atoms with Gasteiger partial charge >= 0.3 is 5.97 Å². The molecule has 6 aliphatic rings. The number of likely N-dealkylation sites (tertiary alicyclic amines) is 1. The van der Waals surface area contributed by atoms with E-state index < -0.39 is 17.7 Å². The normalized spacial score (nSPS) is 45.1. The third kappa shape index (κ3) is 2.98. The molecular formula is C23H34N4O3. The second kappa shape index (κ2) is 6.67. The molecule has 0 aromatic heterocycles. The standard InChI is InChI=1S/C23H34N4O3/c1-12(2)18(25)21(29)30-23-8-13-3-14(9-23)7-22(6-13,11-23)19(26)20(28)27-16(10-24)4-15-5-17(15)27/h12-19H,3-9,11,25-26H2,1-2H3. The fourth-order valence-corrected chi connectivity index (χ4v) is 7.60. The molecule has 4 N–H and O–H groups in total. The molecule has 1 heterocycles. The van der Waals surface area contributed by atoms with Crippen LogP contribution in [0.1, 0.15) is 65.2 Å². The van der Waals surface area contributed by atoms with E-state index in [0.717, 1.165) is 44.9 Å². The van der Waals surface area contributed by atoms with Gasteiger partial charge in [0.1, 0.15) is 17.7 Å². The van der Waals surface area contributed by atoms with E-state index >= 15 is 0 Å². The molecule has 0 radical (unpaired) electrons. The summed E-state index contributed by atoms with van der Waals surface area (Å²) in [5.74, 6) is 0.987. The number of carbonyl (C=O) groups is 2. The third-order valence-electron chi connectivity index (χ3n) is 8.79. The minimum Gasteiger partial charge on any atom is -0.458 e. The van der Waals surface area contributed by atoms with E-state index in [1.165, 1.54) is 0 Å². The highest BCUT2D eigenvalue weighted by molar-refractivity contribution is 5.84. The van der Waals surface area contributed by atoms with E-state index in [0.29, 0.717) is 24.2 Å². The maximum absolute atomic E-state index is 13.5. The van der Waals surface area contributed by atoms with Gasteiger partial charge in [-0.1, -0.05) is 13.8 Å². The van der Waals surface area contributed by atoms with Gasteiger partial charge in [-0.25, -0.2) is 0 Å². The molecule has 7 heteroatoms. The zero-order valence-electron chi connectivity index (χ0n) is 18.0. The fourth-order valence-electron chi connectivity index (χ4n) is 7.60. The summed E-state index contributed by atoms with van der Waals surface area (Å²) in [6.45, 7) is 3.85. The highest BCUT2D eigenvalue weighted by Crippen LogP contribution is 2.64. The van der Waals surface area contributed by atoms with Crippen LogP contribution in [0, 0.1) is 40.4 Å². The molecule has 6 rings (SSSR count). The first-order valence-corrected chi connectivity index (χ1v) is 11.6. The van der Waals surface area contributed by atoms with E-state index in [2.05, 4.69) is 6.07 Å². The zero-order valence-corrected chi connectivity index (χ0v) is 18.0. The van der Waals surface area contributed by atoms with E-state index in [1.807, 2.05) is 13.8 Å². The van der Waals surface area contributed by atoms with Crippen molar-refractivity contribution < 1.29 is 14.3 Å². The molecule has 164 valence electrons.